The first-order valence-electron chi connectivity index (χ1n) is 3.03. The molecule has 0 saturated heterocycles. The fraction of sp³-hybridized carbons (Fsp3) is 0.667. The Kier molecular flexibility index (Phi) is 6.18. The van der Waals surface area contributed by atoms with Gasteiger partial charge in [0.05, 0.1) is 13.2 Å². The molecule has 0 radical (unpaired) electrons. The second kappa shape index (κ2) is 6.55. The molecule has 4 heteroatoms. The van der Waals surface area contributed by atoms with E-state index in [1.54, 1.807) is 6.92 Å². The third-order valence-corrected chi connectivity index (χ3v) is 0.866. The van der Waals surface area contributed by atoms with Crippen molar-refractivity contribution in [2.75, 3.05) is 19.0 Å². The summed E-state index contributed by atoms with van der Waals surface area (Å²) in [5.41, 5.74) is 0. The first kappa shape index (κ1) is 9.43. The van der Waals surface area contributed by atoms with E-state index < -0.39 is 5.97 Å². The van der Waals surface area contributed by atoms with E-state index in [9.17, 15) is 4.79 Å². The minimum atomic E-state index is -0.410. The number of nitrogens with zero attached hydrogens (tertiary/aromatic N) is 1. The molecule has 0 rings (SSSR count). The second-order valence-electron chi connectivity index (χ2n) is 1.48. The number of rotatable bonds is 4. The number of carbonyl (C=O) groups excluding carboxylic acids is 1. The van der Waals surface area contributed by atoms with Gasteiger partial charge in [-0.05, 0) is 6.92 Å². The monoisotopic (exact) mass is 163 g/mol. The molecule has 0 aromatic carbocycles. The van der Waals surface area contributed by atoms with Crippen molar-refractivity contribution in [3.63, 3.8) is 0 Å². The van der Waals surface area contributed by atoms with Gasteiger partial charge in [0.2, 0.25) is 0 Å². The third-order valence-electron chi connectivity index (χ3n) is 0.697. The summed E-state index contributed by atoms with van der Waals surface area (Å²) in [6, 6.07) is 0. The Balaban J connectivity index is 3.36. The van der Waals surface area contributed by atoms with Crippen LogP contribution in [0.2, 0.25) is 0 Å². The van der Waals surface area contributed by atoms with Gasteiger partial charge in [-0.25, -0.2) is 4.79 Å². The summed E-state index contributed by atoms with van der Waals surface area (Å²) in [7, 11) is 0. The summed E-state index contributed by atoms with van der Waals surface area (Å²) >= 11 is 5.30. The van der Waals surface area contributed by atoms with Crippen LogP contribution in [0.1, 0.15) is 6.92 Å². The zero-order chi connectivity index (χ0) is 7.82. The Bertz CT molecular complexity index is 125. The number of hydrogen-bond acceptors (Lipinski definition) is 3. The molecule has 0 aliphatic heterocycles. The molecule has 0 aliphatic carbocycles. The summed E-state index contributed by atoms with van der Waals surface area (Å²) in [6.45, 7) is 2.58. The minimum absolute atomic E-state index is 0.381. The lowest BCUT2D eigenvalue weighted by molar-refractivity contribution is -0.134. The van der Waals surface area contributed by atoms with Gasteiger partial charge in [-0.15, -0.1) is 11.6 Å². The fourth-order valence-electron chi connectivity index (χ4n) is 0.367. The van der Waals surface area contributed by atoms with Crippen molar-refractivity contribution in [2.24, 2.45) is 4.99 Å². The topological polar surface area (TPSA) is 38.7 Å². The Morgan fingerprint density at radius 2 is 2.50 bits per heavy atom. The molecule has 0 atom stereocenters. The Hall–Kier alpha value is -0.570. The zero-order valence-electron chi connectivity index (χ0n) is 5.84. The molecule has 0 amide bonds. The molecule has 0 aromatic heterocycles. The van der Waals surface area contributed by atoms with Gasteiger partial charge in [0.25, 0.3) is 0 Å². The average molecular weight is 164 g/mol. The van der Waals surface area contributed by atoms with Crippen molar-refractivity contribution >= 4 is 23.8 Å². The molecule has 0 heterocycles. The molecule has 0 saturated carbocycles. The lowest BCUT2D eigenvalue weighted by atomic mass is 10.7. The van der Waals surface area contributed by atoms with Crippen molar-refractivity contribution in [1.29, 1.82) is 0 Å². The smallest absolute Gasteiger partial charge is 0.348 e. The van der Waals surface area contributed by atoms with Gasteiger partial charge < -0.3 is 4.74 Å². The molecule has 58 valence electrons. The van der Waals surface area contributed by atoms with Crippen molar-refractivity contribution in [2.45, 2.75) is 6.92 Å². The quantitative estimate of drug-likeness (QED) is 0.350. The molecular formula is C6H10ClNO2. The van der Waals surface area contributed by atoms with Crippen LogP contribution in [0.3, 0.4) is 0 Å². The predicted octanol–water partition coefficient (Wildman–Crippen LogP) is 0.859. The maximum Gasteiger partial charge on any atom is 0.348 e. The standard InChI is InChI=1S/C6H10ClNO2/c1-2-10-6(9)5-8-4-3-7/h5H,2-4H2,1H3. The highest BCUT2D eigenvalue weighted by Gasteiger charge is 1.91. The van der Waals surface area contributed by atoms with Crippen LogP contribution in [0.5, 0.6) is 0 Å². The van der Waals surface area contributed by atoms with Crippen LogP contribution in [-0.2, 0) is 9.53 Å². The minimum Gasteiger partial charge on any atom is -0.462 e. The van der Waals surface area contributed by atoms with Crippen LogP contribution in [0.25, 0.3) is 0 Å². The highest BCUT2D eigenvalue weighted by atomic mass is 35.5. The summed E-state index contributed by atoms with van der Waals surface area (Å²) < 4.78 is 4.56. The number of hydrogen-bond donors (Lipinski definition) is 0. The van der Waals surface area contributed by atoms with Crippen LogP contribution >= 0.6 is 11.6 Å². The summed E-state index contributed by atoms with van der Waals surface area (Å²) in [5, 5.41) is 0. The van der Waals surface area contributed by atoms with E-state index in [0.717, 1.165) is 6.21 Å². The maximum atomic E-state index is 10.5. The van der Waals surface area contributed by atoms with Crippen LogP contribution < -0.4 is 0 Å². The van der Waals surface area contributed by atoms with Gasteiger partial charge in [0.15, 0.2) is 0 Å². The first-order chi connectivity index (χ1) is 4.81. The number of alkyl halides is 1. The predicted molar refractivity (Wildman–Crippen MR) is 40.7 cm³/mol. The lowest BCUT2D eigenvalue weighted by Gasteiger charge is -1.92. The van der Waals surface area contributed by atoms with Gasteiger partial charge in [-0.3, -0.25) is 4.99 Å². The zero-order valence-corrected chi connectivity index (χ0v) is 6.60. The molecule has 0 aliphatic rings. The van der Waals surface area contributed by atoms with E-state index in [1.165, 1.54) is 0 Å². The van der Waals surface area contributed by atoms with E-state index in [0.29, 0.717) is 19.0 Å². The van der Waals surface area contributed by atoms with Crippen molar-refractivity contribution in [3.8, 4) is 0 Å². The van der Waals surface area contributed by atoms with E-state index in [2.05, 4.69) is 9.73 Å². The largest absolute Gasteiger partial charge is 0.462 e. The van der Waals surface area contributed by atoms with E-state index >= 15 is 0 Å². The van der Waals surface area contributed by atoms with Gasteiger partial charge in [-0.1, -0.05) is 0 Å². The van der Waals surface area contributed by atoms with Crippen molar-refractivity contribution in [1.82, 2.24) is 0 Å². The molecule has 0 bridgehead atoms. The lowest BCUT2D eigenvalue weighted by Crippen LogP contribution is -2.05. The number of ether oxygens (including phenoxy) is 1. The van der Waals surface area contributed by atoms with Gasteiger partial charge in [-0.2, -0.15) is 0 Å². The van der Waals surface area contributed by atoms with Crippen molar-refractivity contribution < 1.29 is 9.53 Å². The van der Waals surface area contributed by atoms with Gasteiger partial charge >= 0.3 is 5.97 Å². The van der Waals surface area contributed by atoms with E-state index in [4.69, 9.17) is 11.6 Å². The summed E-state index contributed by atoms with van der Waals surface area (Å²) in [6.07, 6.45) is 1.14. The number of esters is 1. The molecular weight excluding hydrogens is 154 g/mol. The fourth-order valence-corrected chi connectivity index (χ4v) is 0.465. The summed E-state index contributed by atoms with van der Waals surface area (Å²) in [5.74, 6) is 0.0169. The van der Waals surface area contributed by atoms with Crippen LogP contribution in [0, 0.1) is 0 Å². The molecule has 0 N–H and O–H groups in total. The van der Waals surface area contributed by atoms with E-state index in [-0.39, 0.29) is 0 Å². The molecule has 0 spiro atoms. The summed E-state index contributed by atoms with van der Waals surface area (Å²) in [4.78, 5) is 14.2. The first-order valence-corrected chi connectivity index (χ1v) is 3.57. The Morgan fingerprint density at radius 3 is 3.00 bits per heavy atom. The average Bonchev–Trinajstić information content (AvgIpc) is 1.89. The third kappa shape index (κ3) is 5.56. The molecule has 0 unspecified atom stereocenters. The number of halogens is 1. The Labute approximate surface area is 65.0 Å². The Morgan fingerprint density at radius 1 is 1.80 bits per heavy atom. The highest BCUT2D eigenvalue weighted by Crippen LogP contribution is 1.77. The van der Waals surface area contributed by atoms with Crippen LogP contribution in [0.4, 0.5) is 0 Å². The van der Waals surface area contributed by atoms with Gasteiger partial charge in [0.1, 0.15) is 6.21 Å². The van der Waals surface area contributed by atoms with E-state index in [1.807, 2.05) is 0 Å². The number of carbonyl (C=O) groups is 1. The molecule has 10 heavy (non-hydrogen) atoms. The SMILES string of the molecule is CCOC(=O)C=NCCCl. The number of aliphatic imine (C=N–C) groups is 1. The van der Waals surface area contributed by atoms with Crippen LogP contribution in [0.15, 0.2) is 4.99 Å². The van der Waals surface area contributed by atoms with Gasteiger partial charge in [0, 0.05) is 5.88 Å². The van der Waals surface area contributed by atoms with Crippen LogP contribution in [-0.4, -0.2) is 31.2 Å². The molecule has 0 fully saturated rings. The molecule has 3 nitrogen and oxygen atoms in total. The van der Waals surface area contributed by atoms with Crippen molar-refractivity contribution in [3.05, 3.63) is 0 Å². The maximum absolute atomic E-state index is 10.5. The molecule has 0 aromatic rings. The normalized spacial score (nSPS) is 10.2. The highest BCUT2D eigenvalue weighted by molar-refractivity contribution is 6.23. The second-order valence-corrected chi connectivity index (χ2v) is 1.85.